The SMILES string of the molecule is Oc1cccc(CNCC(c2cccs2)c2c[nH]c3ccccc23)c1. The third-order valence-corrected chi connectivity index (χ3v) is 5.46. The number of fused-ring (bicyclic) bond motifs is 1. The molecule has 25 heavy (non-hydrogen) atoms. The van der Waals surface area contributed by atoms with E-state index in [9.17, 15) is 5.11 Å². The van der Waals surface area contributed by atoms with Crippen LogP contribution in [0.15, 0.2) is 72.2 Å². The lowest BCUT2D eigenvalue weighted by molar-refractivity contribution is 0.474. The fourth-order valence-corrected chi connectivity index (χ4v) is 4.11. The Hall–Kier alpha value is -2.56. The first kappa shape index (κ1) is 15.9. The van der Waals surface area contributed by atoms with Gasteiger partial charge in [-0.1, -0.05) is 36.4 Å². The zero-order valence-electron chi connectivity index (χ0n) is 13.8. The number of benzene rings is 2. The summed E-state index contributed by atoms with van der Waals surface area (Å²) in [7, 11) is 0. The van der Waals surface area contributed by atoms with Crippen LogP contribution in [-0.4, -0.2) is 16.6 Å². The molecule has 2 aromatic carbocycles. The summed E-state index contributed by atoms with van der Waals surface area (Å²) >= 11 is 1.79. The first-order valence-electron chi connectivity index (χ1n) is 8.39. The molecule has 2 aromatic heterocycles. The molecule has 4 heteroatoms. The fourth-order valence-electron chi connectivity index (χ4n) is 3.26. The number of aromatic amines is 1. The molecular weight excluding hydrogens is 328 g/mol. The molecule has 0 spiro atoms. The molecule has 0 fully saturated rings. The molecule has 0 radical (unpaired) electrons. The minimum absolute atomic E-state index is 0.299. The summed E-state index contributed by atoms with van der Waals surface area (Å²) in [5, 5.41) is 16.6. The molecule has 0 aliphatic heterocycles. The number of phenols is 1. The van der Waals surface area contributed by atoms with E-state index in [1.54, 1.807) is 23.5 Å². The number of rotatable bonds is 6. The second-order valence-corrected chi connectivity index (χ2v) is 7.14. The number of phenolic OH excluding ortho intramolecular Hbond substituents is 1. The standard InChI is InChI=1S/C21H20N2OS/c24-16-6-3-5-15(11-16)12-22-13-19(21-9-4-10-25-21)18-14-23-20-8-2-1-7-17(18)20/h1-11,14,19,22-24H,12-13H2. The molecule has 2 heterocycles. The van der Waals surface area contributed by atoms with Crippen LogP contribution in [0.3, 0.4) is 0 Å². The van der Waals surface area contributed by atoms with Gasteiger partial charge in [-0.05, 0) is 40.8 Å². The topological polar surface area (TPSA) is 48.0 Å². The Morgan fingerprint density at radius 2 is 1.96 bits per heavy atom. The van der Waals surface area contributed by atoms with Gasteiger partial charge >= 0.3 is 0 Å². The molecule has 3 N–H and O–H groups in total. The van der Waals surface area contributed by atoms with E-state index in [0.29, 0.717) is 11.7 Å². The monoisotopic (exact) mass is 348 g/mol. The second-order valence-electron chi connectivity index (χ2n) is 6.16. The van der Waals surface area contributed by atoms with E-state index in [-0.39, 0.29) is 0 Å². The van der Waals surface area contributed by atoms with Crippen molar-refractivity contribution in [2.75, 3.05) is 6.54 Å². The summed E-state index contributed by atoms with van der Waals surface area (Å²) in [6, 6.07) is 20.2. The van der Waals surface area contributed by atoms with Crippen molar-refractivity contribution in [3.8, 4) is 5.75 Å². The number of H-pyrrole nitrogens is 1. The highest BCUT2D eigenvalue weighted by Crippen LogP contribution is 2.32. The van der Waals surface area contributed by atoms with Crippen molar-refractivity contribution in [1.82, 2.24) is 10.3 Å². The van der Waals surface area contributed by atoms with Crippen molar-refractivity contribution < 1.29 is 5.11 Å². The largest absolute Gasteiger partial charge is 0.508 e. The maximum Gasteiger partial charge on any atom is 0.115 e. The normalized spacial score (nSPS) is 12.5. The van der Waals surface area contributed by atoms with Gasteiger partial charge in [0, 0.05) is 41.0 Å². The molecule has 3 nitrogen and oxygen atoms in total. The van der Waals surface area contributed by atoms with Gasteiger partial charge in [-0.25, -0.2) is 0 Å². The molecule has 0 saturated carbocycles. The Morgan fingerprint density at radius 1 is 1.04 bits per heavy atom. The van der Waals surface area contributed by atoms with Crippen molar-refractivity contribution in [1.29, 1.82) is 0 Å². The highest BCUT2D eigenvalue weighted by molar-refractivity contribution is 7.10. The number of thiophene rings is 1. The van der Waals surface area contributed by atoms with E-state index in [4.69, 9.17) is 0 Å². The third kappa shape index (κ3) is 3.45. The van der Waals surface area contributed by atoms with Gasteiger partial charge < -0.3 is 15.4 Å². The molecule has 4 aromatic rings. The zero-order chi connectivity index (χ0) is 17.1. The van der Waals surface area contributed by atoms with Crippen molar-refractivity contribution in [3.05, 3.63) is 88.2 Å². The van der Waals surface area contributed by atoms with Crippen LogP contribution in [0.1, 0.15) is 21.9 Å². The van der Waals surface area contributed by atoms with Crippen LogP contribution < -0.4 is 5.32 Å². The molecule has 1 atom stereocenters. The van der Waals surface area contributed by atoms with E-state index >= 15 is 0 Å². The molecular formula is C21H20N2OS. The molecule has 0 aliphatic carbocycles. The van der Waals surface area contributed by atoms with Crippen molar-refractivity contribution in [3.63, 3.8) is 0 Å². The Labute approximate surface area is 151 Å². The maximum absolute atomic E-state index is 9.61. The predicted octanol–water partition coefficient (Wildman–Crippen LogP) is 4.86. The summed E-state index contributed by atoms with van der Waals surface area (Å²) in [5.74, 6) is 0.610. The van der Waals surface area contributed by atoms with Gasteiger partial charge in [0.1, 0.15) is 5.75 Å². The summed E-state index contributed by atoms with van der Waals surface area (Å²) in [5.41, 5.74) is 3.58. The second kappa shape index (κ2) is 7.13. The Morgan fingerprint density at radius 3 is 2.80 bits per heavy atom. The van der Waals surface area contributed by atoms with Gasteiger partial charge in [-0.3, -0.25) is 0 Å². The summed E-state index contributed by atoms with van der Waals surface area (Å²) in [6.07, 6.45) is 2.13. The van der Waals surface area contributed by atoms with Gasteiger partial charge in [0.15, 0.2) is 0 Å². The maximum atomic E-state index is 9.61. The number of aromatic nitrogens is 1. The van der Waals surface area contributed by atoms with Gasteiger partial charge in [-0.15, -0.1) is 11.3 Å². The lowest BCUT2D eigenvalue weighted by Crippen LogP contribution is -2.21. The smallest absolute Gasteiger partial charge is 0.115 e. The van der Waals surface area contributed by atoms with E-state index in [1.165, 1.54) is 21.3 Å². The molecule has 0 aliphatic rings. The molecule has 4 rings (SSSR count). The Balaban J connectivity index is 1.57. The quantitative estimate of drug-likeness (QED) is 0.466. The number of aromatic hydroxyl groups is 1. The summed E-state index contributed by atoms with van der Waals surface area (Å²) < 4.78 is 0. The lowest BCUT2D eigenvalue weighted by Gasteiger charge is -2.16. The first-order chi connectivity index (χ1) is 12.3. The van der Waals surface area contributed by atoms with Crippen LogP contribution in [0.4, 0.5) is 0 Å². The van der Waals surface area contributed by atoms with E-state index in [1.807, 2.05) is 12.1 Å². The number of hydrogen-bond acceptors (Lipinski definition) is 3. The average Bonchev–Trinajstić information content (AvgIpc) is 3.29. The molecule has 1 unspecified atom stereocenters. The fraction of sp³-hybridized carbons (Fsp3) is 0.143. The highest BCUT2D eigenvalue weighted by Gasteiger charge is 2.18. The number of hydrogen-bond donors (Lipinski definition) is 3. The first-order valence-corrected chi connectivity index (χ1v) is 9.27. The van der Waals surface area contributed by atoms with Crippen LogP contribution in [-0.2, 0) is 6.54 Å². The van der Waals surface area contributed by atoms with Crippen molar-refractivity contribution in [2.24, 2.45) is 0 Å². The van der Waals surface area contributed by atoms with Crippen LogP contribution in [0, 0.1) is 0 Å². The average molecular weight is 348 g/mol. The lowest BCUT2D eigenvalue weighted by atomic mass is 9.96. The Kier molecular flexibility index (Phi) is 4.55. The zero-order valence-corrected chi connectivity index (χ0v) is 14.6. The number of nitrogens with one attached hydrogen (secondary N) is 2. The van der Waals surface area contributed by atoms with Gasteiger partial charge in [0.05, 0.1) is 0 Å². The minimum Gasteiger partial charge on any atom is -0.508 e. The van der Waals surface area contributed by atoms with Gasteiger partial charge in [0.2, 0.25) is 0 Å². The molecule has 126 valence electrons. The molecule has 0 bridgehead atoms. The van der Waals surface area contributed by atoms with Crippen molar-refractivity contribution >= 4 is 22.2 Å². The molecule has 0 saturated heterocycles. The van der Waals surface area contributed by atoms with E-state index < -0.39 is 0 Å². The summed E-state index contributed by atoms with van der Waals surface area (Å²) in [4.78, 5) is 4.74. The van der Waals surface area contributed by atoms with Crippen molar-refractivity contribution in [2.45, 2.75) is 12.5 Å². The predicted molar refractivity (Wildman–Crippen MR) is 104 cm³/mol. The van der Waals surface area contributed by atoms with Crippen LogP contribution in [0.25, 0.3) is 10.9 Å². The van der Waals surface area contributed by atoms with Crippen LogP contribution >= 0.6 is 11.3 Å². The van der Waals surface area contributed by atoms with E-state index in [2.05, 4.69) is 58.3 Å². The van der Waals surface area contributed by atoms with Gasteiger partial charge in [-0.2, -0.15) is 0 Å². The third-order valence-electron chi connectivity index (χ3n) is 4.47. The highest BCUT2D eigenvalue weighted by atomic mass is 32.1. The summed E-state index contributed by atoms with van der Waals surface area (Å²) in [6.45, 7) is 1.58. The van der Waals surface area contributed by atoms with Gasteiger partial charge in [0.25, 0.3) is 0 Å². The molecule has 0 amide bonds. The Bertz CT molecular complexity index is 959. The number of para-hydroxylation sites is 1. The van der Waals surface area contributed by atoms with Crippen LogP contribution in [0.5, 0.6) is 5.75 Å². The van der Waals surface area contributed by atoms with E-state index in [0.717, 1.165) is 18.7 Å². The van der Waals surface area contributed by atoms with Crippen LogP contribution in [0.2, 0.25) is 0 Å². The minimum atomic E-state index is 0.299.